The summed E-state index contributed by atoms with van der Waals surface area (Å²) in [6.45, 7) is 3.57. The summed E-state index contributed by atoms with van der Waals surface area (Å²) in [5.41, 5.74) is 3.82. The van der Waals surface area contributed by atoms with E-state index in [0.29, 0.717) is 31.8 Å². The number of carbonyl (C=O) groups excluding carboxylic acids is 2. The van der Waals surface area contributed by atoms with E-state index in [0.717, 1.165) is 18.4 Å². The lowest BCUT2D eigenvalue weighted by atomic mass is 9.90. The number of Topliss-reactive ketones (excluding diaryl/α,β-unsaturated/α-hetero) is 1. The number of aliphatic hydroxyl groups is 1. The van der Waals surface area contributed by atoms with Crippen LogP contribution in [0.1, 0.15) is 68.2 Å². The highest BCUT2D eigenvalue weighted by Crippen LogP contribution is 2.55. The predicted octanol–water partition coefficient (Wildman–Crippen LogP) is 5.21. The number of aryl methyl sites for hydroxylation is 1. The molecule has 5 rings (SSSR count). The summed E-state index contributed by atoms with van der Waals surface area (Å²) >= 11 is 3.60. The number of likely N-dealkylation sites (tertiary alicyclic amines) is 1. The van der Waals surface area contributed by atoms with Gasteiger partial charge in [-0.1, -0.05) is 62.2 Å². The summed E-state index contributed by atoms with van der Waals surface area (Å²) in [4.78, 5) is 27.6. The first kappa shape index (κ1) is 29.2. The van der Waals surface area contributed by atoms with Crippen LogP contribution in [0.15, 0.2) is 65.7 Å². The minimum absolute atomic E-state index is 0.179. The highest BCUT2D eigenvalue weighted by molar-refractivity contribution is 8.00. The first-order chi connectivity index (χ1) is 19.4. The Balaban J connectivity index is 1.27. The van der Waals surface area contributed by atoms with Crippen molar-refractivity contribution in [2.24, 2.45) is 0 Å². The zero-order valence-electron chi connectivity index (χ0n) is 23.3. The molecule has 214 valence electrons. The van der Waals surface area contributed by atoms with Gasteiger partial charge in [-0.15, -0.1) is 23.5 Å². The van der Waals surface area contributed by atoms with E-state index in [1.54, 1.807) is 6.20 Å². The van der Waals surface area contributed by atoms with E-state index in [1.165, 1.54) is 59.5 Å². The fourth-order valence-electron chi connectivity index (χ4n) is 5.97. The Morgan fingerprint density at radius 1 is 1.20 bits per heavy atom. The van der Waals surface area contributed by atoms with Crippen LogP contribution in [0, 0.1) is 0 Å². The quantitative estimate of drug-likeness (QED) is 0.249. The maximum absolute atomic E-state index is 12.9. The van der Waals surface area contributed by atoms with Gasteiger partial charge in [-0.25, -0.2) is 0 Å². The molecule has 2 aromatic carbocycles. The van der Waals surface area contributed by atoms with E-state index >= 15 is 0 Å². The third-order valence-corrected chi connectivity index (χ3v) is 11.1. The average molecular weight is 580 g/mol. The molecule has 0 bridgehead atoms. The lowest BCUT2D eigenvalue weighted by Crippen LogP contribution is -2.46. The highest BCUT2D eigenvalue weighted by atomic mass is 32.2. The van der Waals surface area contributed by atoms with Crippen molar-refractivity contribution < 1.29 is 14.7 Å². The molecule has 0 unspecified atom stereocenters. The van der Waals surface area contributed by atoms with Gasteiger partial charge in [-0.05, 0) is 48.4 Å². The number of carbonyl (C=O) groups is 2. The second-order valence-electron chi connectivity index (χ2n) is 11.3. The molecule has 2 aromatic rings. The van der Waals surface area contributed by atoms with Crippen molar-refractivity contribution in [1.82, 2.24) is 15.5 Å². The van der Waals surface area contributed by atoms with E-state index in [2.05, 4.69) is 59.7 Å². The maximum atomic E-state index is 12.9. The van der Waals surface area contributed by atoms with Crippen molar-refractivity contribution in [2.75, 3.05) is 19.6 Å². The number of nitrogens with one attached hydrogen (secondary N) is 2. The summed E-state index contributed by atoms with van der Waals surface area (Å²) in [6.07, 6.45) is 10.0. The molecule has 1 aliphatic carbocycles. The molecule has 3 aliphatic rings. The third kappa shape index (κ3) is 7.52. The monoisotopic (exact) mass is 579 g/mol. The number of nitrogens with zero attached hydrogens (tertiary/aromatic N) is 1. The number of aliphatic hydroxyl groups excluding tert-OH is 1. The number of rotatable bonds is 11. The third-order valence-electron chi connectivity index (χ3n) is 8.25. The van der Waals surface area contributed by atoms with Crippen LogP contribution in [0.3, 0.4) is 0 Å². The van der Waals surface area contributed by atoms with Gasteiger partial charge >= 0.3 is 0 Å². The van der Waals surface area contributed by atoms with Crippen LogP contribution >= 0.6 is 23.5 Å². The second kappa shape index (κ2) is 13.6. The van der Waals surface area contributed by atoms with Crippen LogP contribution in [0.4, 0.5) is 0 Å². The molecule has 3 atom stereocenters. The van der Waals surface area contributed by atoms with Crippen molar-refractivity contribution in [1.29, 1.82) is 0 Å². The Bertz CT molecular complexity index is 1200. The fraction of sp³-hybridized carbons (Fsp3) is 0.500. The van der Waals surface area contributed by atoms with E-state index < -0.39 is 11.5 Å². The molecule has 1 spiro atoms. The average Bonchev–Trinajstić information content (AvgIpc) is 3.61. The Labute approximate surface area is 246 Å². The molecule has 40 heavy (non-hydrogen) atoms. The minimum Gasteiger partial charge on any atom is -0.389 e. The molecule has 2 heterocycles. The van der Waals surface area contributed by atoms with Crippen LogP contribution in [-0.2, 0) is 21.8 Å². The summed E-state index contributed by atoms with van der Waals surface area (Å²) in [6, 6.07) is 17.2. The van der Waals surface area contributed by atoms with Crippen LogP contribution in [0.2, 0.25) is 0 Å². The topological polar surface area (TPSA) is 81.7 Å². The Kier molecular flexibility index (Phi) is 9.94. The molecular formula is C32H41N3O3S2. The molecule has 1 saturated heterocycles. The Hall–Kier alpha value is -2.26. The Morgan fingerprint density at radius 2 is 2.00 bits per heavy atom. The van der Waals surface area contributed by atoms with Crippen LogP contribution in [-0.4, -0.2) is 57.6 Å². The number of hydrogen-bond donors (Lipinski definition) is 3. The summed E-state index contributed by atoms with van der Waals surface area (Å²) in [5.74, 6) is 0.607. The second-order valence-corrected chi connectivity index (χ2v) is 13.9. The number of amides is 1. The van der Waals surface area contributed by atoms with Crippen molar-refractivity contribution >= 4 is 35.2 Å². The predicted molar refractivity (Wildman–Crippen MR) is 164 cm³/mol. The normalized spacial score (nSPS) is 21.6. The van der Waals surface area contributed by atoms with Crippen LogP contribution in [0.25, 0.3) is 0 Å². The van der Waals surface area contributed by atoms with E-state index in [4.69, 9.17) is 0 Å². The molecular weight excluding hydrogens is 539 g/mol. The Morgan fingerprint density at radius 3 is 2.73 bits per heavy atom. The number of benzene rings is 2. The van der Waals surface area contributed by atoms with Crippen LogP contribution < -0.4 is 10.6 Å². The van der Waals surface area contributed by atoms with Gasteiger partial charge in [0.25, 0.3) is 0 Å². The number of hydrogen-bond acceptors (Lipinski definition) is 7. The first-order valence-corrected chi connectivity index (χ1v) is 16.4. The van der Waals surface area contributed by atoms with Crippen LogP contribution in [0.5, 0.6) is 0 Å². The van der Waals surface area contributed by atoms with Gasteiger partial charge in [-0.3, -0.25) is 9.59 Å². The molecule has 2 aliphatic heterocycles. The summed E-state index contributed by atoms with van der Waals surface area (Å²) < 4.78 is 0.279. The van der Waals surface area contributed by atoms with Gasteiger partial charge in [0.2, 0.25) is 5.91 Å². The minimum atomic E-state index is -0.772. The lowest BCUT2D eigenvalue weighted by Gasteiger charge is -2.40. The number of ketones is 1. The van der Waals surface area contributed by atoms with Gasteiger partial charge in [0.1, 0.15) is 5.37 Å². The lowest BCUT2D eigenvalue weighted by molar-refractivity contribution is -0.118. The van der Waals surface area contributed by atoms with Gasteiger partial charge in [0, 0.05) is 53.2 Å². The van der Waals surface area contributed by atoms with E-state index in [-0.39, 0.29) is 22.5 Å². The van der Waals surface area contributed by atoms with Crippen molar-refractivity contribution in [3.63, 3.8) is 0 Å². The zero-order chi connectivity index (χ0) is 28.0. The van der Waals surface area contributed by atoms with Gasteiger partial charge < -0.3 is 20.6 Å². The summed E-state index contributed by atoms with van der Waals surface area (Å²) in [5, 5.41) is 17.7. The standard InChI is InChI=1S/C32H41N3O3S2/c1-2-23-10-11-29-26(18-23)27(19-32(40-29)14-6-7-15-32)33-20-28(37)31(39-22-24-8-4-3-5-9-24)34-30(38)13-17-35-16-12-25(36)21-35/h3-5,8-11,13,17-18,27-28,31,33,37H,2,6-7,12,14-16,19-22H2,1H3,(H,34,38)/b17-13+/t27-,28+,31-/m0/s1. The number of thioether (sulfide) groups is 2. The molecule has 0 aromatic heterocycles. The molecule has 1 amide bonds. The first-order valence-electron chi connectivity index (χ1n) is 14.6. The highest BCUT2D eigenvalue weighted by Gasteiger charge is 2.42. The van der Waals surface area contributed by atoms with Gasteiger partial charge in [-0.2, -0.15) is 0 Å². The SMILES string of the molecule is CCc1ccc2c(c1)[C@@H](NC[C@@H](O)[C@@H](NC(=O)/C=C/N1CCC(=O)C1)SCc1ccccc1)CC1(CCCC1)S2. The van der Waals surface area contributed by atoms with E-state index in [9.17, 15) is 14.7 Å². The smallest absolute Gasteiger partial charge is 0.246 e. The molecule has 3 N–H and O–H groups in total. The fourth-order valence-corrected chi connectivity index (χ4v) is 8.72. The van der Waals surface area contributed by atoms with E-state index in [1.807, 2.05) is 23.1 Å². The molecule has 8 heteroatoms. The molecule has 0 radical (unpaired) electrons. The van der Waals surface area contributed by atoms with Crippen molar-refractivity contribution in [2.45, 2.75) is 84.8 Å². The van der Waals surface area contributed by atoms with Gasteiger partial charge in [0.15, 0.2) is 5.78 Å². The van der Waals surface area contributed by atoms with Crippen molar-refractivity contribution in [3.8, 4) is 0 Å². The zero-order valence-corrected chi connectivity index (χ0v) is 24.9. The number of fused-ring (bicyclic) bond motifs is 1. The molecule has 1 saturated carbocycles. The molecule has 2 fully saturated rings. The summed E-state index contributed by atoms with van der Waals surface area (Å²) in [7, 11) is 0. The largest absolute Gasteiger partial charge is 0.389 e. The van der Waals surface area contributed by atoms with Crippen molar-refractivity contribution in [3.05, 3.63) is 77.5 Å². The van der Waals surface area contributed by atoms with Gasteiger partial charge in [0.05, 0.1) is 12.6 Å². The maximum Gasteiger partial charge on any atom is 0.246 e. The molecule has 6 nitrogen and oxygen atoms in total.